The second-order valence-electron chi connectivity index (χ2n) is 6.08. The van der Waals surface area contributed by atoms with Gasteiger partial charge in [-0.2, -0.15) is 0 Å². The van der Waals surface area contributed by atoms with Crippen LogP contribution in [0, 0.1) is 0 Å². The highest BCUT2D eigenvalue weighted by molar-refractivity contribution is 8.93. The van der Waals surface area contributed by atoms with Gasteiger partial charge in [0.15, 0.2) is 0 Å². The van der Waals surface area contributed by atoms with E-state index in [0.29, 0.717) is 0 Å². The molecule has 0 bridgehead atoms. The van der Waals surface area contributed by atoms with Crippen molar-refractivity contribution in [2.24, 2.45) is 0 Å². The van der Waals surface area contributed by atoms with Crippen molar-refractivity contribution in [3.05, 3.63) is 0 Å². The molecule has 0 radical (unpaired) electrons. The molecule has 118 valence electrons. The molecule has 0 saturated carbocycles. The summed E-state index contributed by atoms with van der Waals surface area (Å²) in [5.41, 5.74) is 0.286. The summed E-state index contributed by atoms with van der Waals surface area (Å²) in [7, 11) is 0. The first-order chi connectivity index (χ1) is 8.62. The van der Waals surface area contributed by atoms with E-state index in [1.54, 1.807) is 0 Å². The van der Waals surface area contributed by atoms with Gasteiger partial charge >= 0.3 is 0 Å². The molecule has 0 aromatic heterocycles. The fourth-order valence-electron chi connectivity index (χ4n) is 2.28. The third-order valence-corrected chi connectivity index (χ3v) is 3.84. The third kappa shape index (κ3) is 16.7. The van der Waals surface area contributed by atoms with Crippen molar-refractivity contribution in [2.75, 3.05) is 12.4 Å². The number of hydrogen-bond donors (Lipinski definition) is 1. The van der Waals surface area contributed by atoms with Gasteiger partial charge in [-0.15, -0.1) is 28.6 Å². The highest BCUT2D eigenvalue weighted by Crippen LogP contribution is 2.16. The van der Waals surface area contributed by atoms with Crippen LogP contribution in [0.5, 0.6) is 0 Å². The Morgan fingerprint density at radius 2 is 1.37 bits per heavy atom. The minimum atomic E-state index is 0. The molecule has 0 aliphatic heterocycles. The molecule has 1 nitrogen and oxygen atoms in total. The predicted molar refractivity (Wildman–Crippen MR) is 95.0 cm³/mol. The number of rotatable bonds is 13. The van der Waals surface area contributed by atoms with Crippen LogP contribution in [0.1, 0.15) is 85.0 Å². The van der Waals surface area contributed by atoms with E-state index < -0.39 is 0 Å². The van der Waals surface area contributed by atoms with E-state index in [-0.39, 0.29) is 22.5 Å². The highest BCUT2D eigenvalue weighted by Gasteiger charge is 2.15. The predicted octanol–water partition coefficient (Wildman–Crippen LogP) is 6.09. The lowest BCUT2D eigenvalue weighted by Gasteiger charge is -2.26. The topological polar surface area (TPSA) is 12.0 Å². The van der Waals surface area contributed by atoms with Crippen LogP contribution in [0.25, 0.3) is 0 Å². The van der Waals surface area contributed by atoms with Crippen LogP contribution in [0.3, 0.4) is 0 Å². The maximum absolute atomic E-state index is 5.69. The summed E-state index contributed by atoms with van der Waals surface area (Å²) in [5.74, 6) is 0.765. The van der Waals surface area contributed by atoms with E-state index in [9.17, 15) is 0 Å². The second kappa shape index (κ2) is 15.1. The third-order valence-electron chi connectivity index (χ3n) is 3.57. The van der Waals surface area contributed by atoms with Crippen LogP contribution in [0.2, 0.25) is 0 Å². The molecule has 0 aliphatic rings. The zero-order chi connectivity index (χ0) is 13.7. The minimum absolute atomic E-state index is 0. The van der Waals surface area contributed by atoms with Gasteiger partial charge in [0.1, 0.15) is 0 Å². The molecule has 0 aromatic rings. The lowest BCUT2D eigenvalue weighted by Crippen LogP contribution is -2.39. The molecule has 0 rings (SSSR count). The molecule has 0 spiro atoms. The fourth-order valence-corrected chi connectivity index (χ4v) is 2.42. The van der Waals surface area contributed by atoms with Crippen molar-refractivity contribution in [3.8, 4) is 0 Å². The minimum Gasteiger partial charge on any atom is -0.312 e. The van der Waals surface area contributed by atoms with Gasteiger partial charge in [0.25, 0.3) is 0 Å². The highest BCUT2D eigenvalue weighted by atomic mass is 79.9. The maximum Gasteiger partial charge on any atom is 0.0235 e. The first-order valence-corrected chi connectivity index (χ1v) is 8.47. The zero-order valence-corrected chi connectivity index (χ0v) is 15.7. The number of hydrogen-bond acceptors (Lipinski definition) is 1. The van der Waals surface area contributed by atoms with Crippen molar-refractivity contribution < 1.29 is 0 Å². The molecule has 3 heteroatoms. The monoisotopic (exact) mass is 355 g/mol. The Labute approximate surface area is 137 Å². The number of unbranched alkanes of at least 4 members (excludes halogenated alkanes) is 7. The molecule has 0 amide bonds. The lowest BCUT2D eigenvalue weighted by atomic mass is 9.96. The van der Waals surface area contributed by atoms with Crippen LogP contribution >= 0.6 is 28.6 Å². The number of halogens is 2. The fraction of sp³-hybridized carbons (Fsp3) is 1.00. The molecule has 19 heavy (non-hydrogen) atoms. The molecule has 0 aliphatic carbocycles. The number of alkyl halides is 1. The molecule has 1 N–H and O–H groups in total. The Kier molecular flexibility index (Phi) is 17.5. The summed E-state index contributed by atoms with van der Waals surface area (Å²) in [6.45, 7) is 7.94. The van der Waals surface area contributed by atoms with Gasteiger partial charge in [0.05, 0.1) is 0 Å². The van der Waals surface area contributed by atoms with Crippen molar-refractivity contribution in [2.45, 2.75) is 90.5 Å². The number of nitrogens with one attached hydrogen (secondary N) is 1. The molecule has 0 fully saturated rings. The van der Waals surface area contributed by atoms with Crippen LogP contribution < -0.4 is 5.32 Å². The summed E-state index contributed by atoms with van der Waals surface area (Å²) < 4.78 is 0. The molecule has 0 saturated heterocycles. The van der Waals surface area contributed by atoms with Crippen LogP contribution in [0.15, 0.2) is 0 Å². The summed E-state index contributed by atoms with van der Waals surface area (Å²) in [4.78, 5) is 0. The van der Waals surface area contributed by atoms with E-state index in [1.807, 2.05) is 0 Å². The van der Waals surface area contributed by atoms with Gasteiger partial charge in [-0.05, 0) is 33.2 Å². The Morgan fingerprint density at radius 3 is 1.89 bits per heavy atom. The van der Waals surface area contributed by atoms with Gasteiger partial charge in [-0.3, -0.25) is 0 Å². The average Bonchev–Trinajstić information content (AvgIpc) is 2.33. The van der Waals surface area contributed by atoms with Gasteiger partial charge in [-0.1, -0.05) is 58.3 Å². The maximum atomic E-state index is 5.69. The summed E-state index contributed by atoms with van der Waals surface area (Å²) in [6.07, 6.45) is 13.6. The molecular weight excluding hydrogens is 322 g/mol. The average molecular weight is 357 g/mol. The molecule has 0 atom stereocenters. The largest absolute Gasteiger partial charge is 0.312 e. The van der Waals surface area contributed by atoms with Gasteiger partial charge in [0, 0.05) is 11.4 Å². The summed E-state index contributed by atoms with van der Waals surface area (Å²) in [6, 6.07) is 0. The van der Waals surface area contributed by atoms with Gasteiger partial charge < -0.3 is 5.32 Å². The van der Waals surface area contributed by atoms with E-state index in [0.717, 1.165) is 18.8 Å². The SMILES string of the molecule is Br.CCCCCCCCCCC(C)(C)NCCCCl. The molecule has 0 unspecified atom stereocenters. The normalized spacial score (nSPS) is 11.4. The van der Waals surface area contributed by atoms with Crippen LogP contribution in [0.4, 0.5) is 0 Å². The molecule has 0 aromatic carbocycles. The first-order valence-electron chi connectivity index (χ1n) is 7.93. The van der Waals surface area contributed by atoms with E-state index in [1.165, 1.54) is 57.8 Å². The quantitative estimate of drug-likeness (QED) is 0.311. The second-order valence-corrected chi connectivity index (χ2v) is 6.46. The molecule has 0 heterocycles. The van der Waals surface area contributed by atoms with Crippen LogP contribution in [-0.4, -0.2) is 18.0 Å². The first kappa shape index (κ1) is 22.0. The van der Waals surface area contributed by atoms with E-state index >= 15 is 0 Å². The summed E-state index contributed by atoms with van der Waals surface area (Å²) in [5, 5.41) is 3.59. The zero-order valence-electron chi connectivity index (χ0n) is 13.3. The molecular formula is C16H35BrClN. The standard InChI is InChI=1S/C16H34ClN.BrH/c1-4-5-6-7-8-9-10-11-13-16(2,3)18-15-12-14-17;/h18H,4-15H2,1-3H3;1H. The lowest BCUT2D eigenvalue weighted by molar-refractivity contribution is 0.348. The Balaban J connectivity index is 0. The summed E-state index contributed by atoms with van der Waals surface area (Å²) >= 11 is 5.69. The Bertz CT molecular complexity index is 174. The van der Waals surface area contributed by atoms with Crippen molar-refractivity contribution in [3.63, 3.8) is 0 Å². The van der Waals surface area contributed by atoms with Gasteiger partial charge in [-0.25, -0.2) is 0 Å². The van der Waals surface area contributed by atoms with E-state index in [2.05, 4.69) is 26.1 Å². The Morgan fingerprint density at radius 1 is 0.842 bits per heavy atom. The van der Waals surface area contributed by atoms with Crippen molar-refractivity contribution >= 4 is 28.6 Å². The van der Waals surface area contributed by atoms with Crippen molar-refractivity contribution in [1.82, 2.24) is 5.32 Å². The van der Waals surface area contributed by atoms with Gasteiger partial charge in [0.2, 0.25) is 0 Å². The van der Waals surface area contributed by atoms with Crippen LogP contribution in [-0.2, 0) is 0 Å². The van der Waals surface area contributed by atoms with E-state index in [4.69, 9.17) is 11.6 Å². The Hall–Kier alpha value is 0.730. The van der Waals surface area contributed by atoms with Crippen molar-refractivity contribution in [1.29, 1.82) is 0 Å². The smallest absolute Gasteiger partial charge is 0.0235 e.